The number of ether oxygens (including phenoxy) is 1. The summed E-state index contributed by atoms with van der Waals surface area (Å²) in [5.41, 5.74) is 2.95. The average Bonchev–Trinajstić information content (AvgIpc) is 2.89. The van der Waals surface area contributed by atoms with Crippen molar-refractivity contribution in [3.8, 4) is 0 Å². The van der Waals surface area contributed by atoms with E-state index in [4.69, 9.17) is 4.74 Å². The topological polar surface area (TPSA) is 60.2 Å². The zero-order chi connectivity index (χ0) is 15.5. The lowest BCUT2D eigenvalue weighted by molar-refractivity contribution is -0.135. The largest absolute Gasteiger partial charge is 0.383 e. The number of aryl methyl sites for hydroxylation is 1. The monoisotopic (exact) mass is 300 g/mol. The first-order chi connectivity index (χ1) is 10.7. The predicted molar refractivity (Wildman–Crippen MR) is 81.1 cm³/mol. The second-order valence-corrected chi connectivity index (χ2v) is 5.58. The summed E-state index contributed by atoms with van der Waals surface area (Å²) in [6.45, 7) is 1.06. The number of hydrogen-bond acceptors (Lipinski definition) is 4. The molecule has 0 bridgehead atoms. The molecule has 1 amide bonds. The van der Waals surface area contributed by atoms with Crippen LogP contribution in [0.1, 0.15) is 17.1 Å². The van der Waals surface area contributed by atoms with Gasteiger partial charge in [0, 0.05) is 38.2 Å². The zero-order valence-corrected chi connectivity index (χ0v) is 12.9. The predicted octanol–water partition coefficient (Wildman–Crippen LogP) is 0.957. The van der Waals surface area contributed by atoms with Crippen molar-refractivity contribution < 1.29 is 9.53 Å². The Morgan fingerprint density at radius 1 is 1.41 bits per heavy atom. The highest BCUT2D eigenvalue weighted by molar-refractivity contribution is 5.79. The van der Waals surface area contributed by atoms with E-state index in [-0.39, 0.29) is 11.9 Å². The number of hydrogen-bond donors (Lipinski definition) is 0. The molecule has 0 fully saturated rings. The fraction of sp³-hybridized carbons (Fsp3) is 0.438. The van der Waals surface area contributed by atoms with E-state index in [1.807, 2.05) is 34.7 Å². The molecule has 3 rings (SSSR count). The normalized spacial score (nSPS) is 17.4. The molecule has 2 aromatic heterocycles. The molecule has 1 aliphatic heterocycles. The number of amides is 1. The van der Waals surface area contributed by atoms with Crippen LogP contribution in [0.15, 0.2) is 30.7 Å². The number of carbonyl (C=O) groups is 1. The van der Waals surface area contributed by atoms with Gasteiger partial charge in [-0.25, -0.2) is 4.98 Å². The third-order valence-electron chi connectivity index (χ3n) is 4.07. The number of aromatic nitrogens is 3. The maximum absolute atomic E-state index is 12.7. The van der Waals surface area contributed by atoms with E-state index in [1.165, 1.54) is 5.69 Å². The molecule has 1 aliphatic rings. The minimum Gasteiger partial charge on any atom is -0.383 e. The van der Waals surface area contributed by atoms with Crippen molar-refractivity contribution in [3.05, 3.63) is 47.8 Å². The minimum atomic E-state index is 0.0455. The van der Waals surface area contributed by atoms with Gasteiger partial charge in [0.25, 0.3) is 0 Å². The highest BCUT2D eigenvalue weighted by Crippen LogP contribution is 2.23. The van der Waals surface area contributed by atoms with E-state index >= 15 is 0 Å². The van der Waals surface area contributed by atoms with E-state index in [2.05, 4.69) is 9.97 Å². The Labute approximate surface area is 129 Å². The Morgan fingerprint density at radius 3 is 3.00 bits per heavy atom. The van der Waals surface area contributed by atoms with Crippen LogP contribution in [0.4, 0.5) is 0 Å². The van der Waals surface area contributed by atoms with Crippen LogP contribution in [0.25, 0.3) is 0 Å². The highest BCUT2D eigenvalue weighted by Gasteiger charge is 2.32. The molecule has 6 nitrogen and oxygen atoms in total. The van der Waals surface area contributed by atoms with E-state index < -0.39 is 0 Å². The van der Waals surface area contributed by atoms with E-state index in [1.54, 1.807) is 19.6 Å². The van der Waals surface area contributed by atoms with Gasteiger partial charge in [-0.2, -0.15) is 0 Å². The second-order valence-electron chi connectivity index (χ2n) is 5.58. The molecule has 0 spiro atoms. The lowest BCUT2D eigenvalue weighted by Gasteiger charge is -2.35. The number of imidazole rings is 1. The van der Waals surface area contributed by atoms with Crippen LogP contribution in [0, 0.1) is 0 Å². The summed E-state index contributed by atoms with van der Waals surface area (Å²) in [5.74, 6) is 0.0667. The molecule has 0 saturated carbocycles. The van der Waals surface area contributed by atoms with Crippen molar-refractivity contribution in [2.45, 2.75) is 25.4 Å². The number of carbonyl (C=O) groups excluding carboxylic acids is 1. The number of fused-ring (bicyclic) bond motifs is 1. The molecule has 2 aromatic rings. The maximum atomic E-state index is 12.7. The third-order valence-corrected chi connectivity index (χ3v) is 4.07. The first-order valence-electron chi connectivity index (χ1n) is 7.36. The van der Waals surface area contributed by atoms with Gasteiger partial charge in [0.15, 0.2) is 0 Å². The molecular formula is C16H20N4O2. The van der Waals surface area contributed by atoms with Crippen LogP contribution < -0.4 is 0 Å². The van der Waals surface area contributed by atoms with Gasteiger partial charge in [0.1, 0.15) is 0 Å². The second kappa shape index (κ2) is 6.27. The van der Waals surface area contributed by atoms with Crippen molar-refractivity contribution >= 4 is 5.91 Å². The van der Waals surface area contributed by atoms with Crippen LogP contribution in [-0.4, -0.2) is 45.1 Å². The third kappa shape index (κ3) is 2.87. The van der Waals surface area contributed by atoms with Gasteiger partial charge in [-0.15, -0.1) is 0 Å². The maximum Gasteiger partial charge on any atom is 0.229 e. The zero-order valence-electron chi connectivity index (χ0n) is 12.9. The number of methoxy groups -OCH3 is 1. The molecule has 116 valence electrons. The van der Waals surface area contributed by atoms with Gasteiger partial charge in [-0.1, -0.05) is 6.07 Å². The summed E-state index contributed by atoms with van der Waals surface area (Å²) >= 11 is 0. The van der Waals surface area contributed by atoms with Gasteiger partial charge in [-0.3, -0.25) is 9.78 Å². The van der Waals surface area contributed by atoms with Gasteiger partial charge in [-0.05, 0) is 12.1 Å². The molecular weight excluding hydrogens is 280 g/mol. The summed E-state index contributed by atoms with van der Waals surface area (Å²) in [6.07, 6.45) is 4.60. The van der Waals surface area contributed by atoms with Crippen LogP contribution >= 0.6 is 0 Å². The first-order valence-corrected chi connectivity index (χ1v) is 7.36. The van der Waals surface area contributed by atoms with E-state index in [0.717, 1.165) is 17.8 Å². The number of rotatable bonds is 4. The molecule has 1 unspecified atom stereocenters. The van der Waals surface area contributed by atoms with Crippen LogP contribution in [0.2, 0.25) is 0 Å². The molecule has 6 heteroatoms. The Morgan fingerprint density at radius 2 is 2.27 bits per heavy atom. The van der Waals surface area contributed by atoms with E-state index in [9.17, 15) is 4.79 Å². The van der Waals surface area contributed by atoms with Crippen molar-refractivity contribution in [2.24, 2.45) is 7.05 Å². The Hall–Kier alpha value is -2.21. The lowest BCUT2D eigenvalue weighted by Crippen LogP contribution is -2.47. The van der Waals surface area contributed by atoms with Crippen molar-refractivity contribution in [1.29, 1.82) is 0 Å². The fourth-order valence-electron chi connectivity index (χ4n) is 2.91. The highest BCUT2D eigenvalue weighted by atomic mass is 16.5. The molecule has 0 aromatic carbocycles. The quantitative estimate of drug-likeness (QED) is 0.844. The summed E-state index contributed by atoms with van der Waals surface area (Å²) in [4.78, 5) is 23.2. The summed E-state index contributed by atoms with van der Waals surface area (Å²) in [6, 6.07) is 5.67. The van der Waals surface area contributed by atoms with Crippen molar-refractivity contribution in [3.63, 3.8) is 0 Å². The molecule has 1 atom stereocenters. The smallest absolute Gasteiger partial charge is 0.229 e. The van der Waals surface area contributed by atoms with E-state index in [0.29, 0.717) is 19.6 Å². The Bertz CT molecular complexity index is 653. The van der Waals surface area contributed by atoms with Crippen LogP contribution in [-0.2, 0) is 36.0 Å². The van der Waals surface area contributed by atoms with Crippen molar-refractivity contribution in [1.82, 2.24) is 19.4 Å². The average molecular weight is 300 g/mol. The molecule has 0 saturated heterocycles. The number of nitrogens with zero attached hydrogens (tertiary/aromatic N) is 4. The van der Waals surface area contributed by atoms with Crippen molar-refractivity contribution in [2.75, 3.05) is 13.7 Å². The lowest BCUT2D eigenvalue weighted by atomic mass is 10.0. The van der Waals surface area contributed by atoms with Gasteiger partial charge in [0.2, 0.25) is 5.91 Å². The Balaban J connectivity index is 1.79. The van der Waals surface area contributed by atoms with Gasteiger partial charge in [0.05, 0.1) is 37.6 Å². The fourth-order valence-corrected chi connectivity index (χ4v) is 2.91. The molecule has 0 N–H and O–H groups in total. The SMILES string of the molecule is COCC1Cc2c(ncn2C)CN1C(=O)Cc1ccccn1. The number of pyridine rings is 1. The minimum absolute atomic E-state index is 0.0455. The molecule has 0 aliphatic carbocycles. The first kappa shape index (κ1) is 14.7. The molecule has 0 radical (unpaired) electrons. The molecule has 3 heterocycles. The standard InChI is InChI=1S/C16H20N4O2/c1-19-11-18-14-9-20(13(10-22-2)8-15(14)19)16(21)7-12-5-3-4-6-17-12/h3-6,11,13H,7-10H2,1-2H3. The van der Waals surface area contributed by atoms with Gasteiger partial charge < -0.3 is 14.2 Å². The van der Waals surface area contributed by atoms with Gasteiger partial charge >= 0.3 is 0 Å². The summed E-state index contributed by atoms with van der Waals surface area (Å²) in [7, 11) is 3.65. The molecule has 22 heavy (non-hydrogen) atoms. The van der Waals surface area contributed by atoms with Crippen LogP contribution in [0.5, 0.6) is 0 Å². The summed E-state index contributed by atoms with van der Waals surface area (Å²) in [5, 5.41) is 0. The summed E-state index contributed by atoms with van der Waals surface area (Å²) < 4.78 is 7.33. The Kier molecular flexibility index (Phi) is 4.20. The van der Waals surface area contributed by atoms with Crippen LogP contribution in [0.3, 0.4) is 0 Å².